The second kappa shape index (κ2) is 4.72. The summed E-state index contributed by atoms with van der Waals surface area (Å²) in [5, 5.41) is 11.4. The number of carbonyl (C=O) groups excluding carboxylic acids is 1. The van der Waals surface area contributed by atoms with Crippen molar-refractivity contribution in [2.45, 2.75) is 6.18 Å². The van der Waals surface area contributed by atoms with Crippen LogP contribution in [0.4, 0.5) is 13.2 Å². The molecule has 2 aromatic rings. The minimum absolute atomic E-state index is 0.0313. The number of pyridine rings is 1. The quantitative estimate of drug-likeness (QED) is 0.477. The lowest BCUT2D eigenvalue weighted by molar-refractivity contribution is -0.607. The van der Waals surface area contributed by atoms with Gasteiger partial charge in [-0.2, -0.15) is 17.9 Å². The zero-order valence-electron chi connectivity index (χ0n) is 9.52. The van der Waals surface area contributed by atoms with E-state index in [9.17, 15) is 23.2 Å². The highest BCUT2D eigenvalue weighted by Crippen LogP contribution is 2.29. The van der Waals surface area contributed by atoms with Crippen molar-refractivity contribution in [2.24, 2.45) is 0 Å². The molecule has 0 saturated heterocycles. The fraction of sp³-hybridized carbons (Fsp3) is 0.0769. The van der Waals surface area contributed by atoms with E-state index >= 15 is 0 Å². The highest BCUT2D eigenvalue weighted by Gasteiger charge is 2.30. The summed E-state index contributed by atoms with van der Waals surface area (Å²) < 4.78 is 37.5. The summed E-state index contributed by atoms with van der Waals surface area (Å²) in [4.78, 5) is 11.9. The molecular formula is C13H8F3NO2. The molecule has 1 aromatic carbocycles. The van der Waals surface area contributed by atoms with Crippen molar-refractivity contribution in [3.05, 3.63) is 70.7 Å². The number of benzene rings is 1. The molecule has 2 rings (SSSR count). The molecule has 1 heterocycles. The first kappa shape index (κ1) is 13.1. The SMILES string of the molecule is O=C(c1ccc(C(F)(F)F)cc1)c1cccc[n+]1[O-]. The zero-order chi connectivity index (χ0) is 14.0. The number of ketones is 1. The third kappa shape index (κ3) is 2.73. The average Bonchev–Trinajstić information content (AvgIpc) is 2.38. The molecule has 6 heteroatoms. The Labute approximate surface area is 106 Å². The number of alkyl halides is 3. The lowest BCUT2D eigenvalue weighted by Crippen LogP contribution is -2.34. The first-order chi connectivity index (χ1) is 8.89. The van der Waals surface area contributed by atoms with Crippen LogP contribution in [0.25, 0.3) is 0 Å². The van der Waals surface area contributed by atoms with Crippen LogP contribution in [0.3, 0.4) is 0 Å². The second-order valence-electron chi connectivity index (χ2n) is 3.82. The summed E-state index contributed by atoms with van der Waals surface area (Å²) >= 11 is 0. The Hall–Kier alpha value is -2.37. The molecule has 0 bridgehead atoms. The maximum absolute atomic E-state index is 12.4. The number of hydrogen-bond donors (Lipinski definition) is 0. The van der Waals surface area contributed by atoms with E-state index in [1.54, 1.807) is 0 Å². The largest absolute Gasteiger partial charge is 0.618 e. The van der Waals surface area contributed by atoms with Crippen molar-refractivity contribution in [2.75, 3.05) is 0 Å². The van der Waals surface area contributed by atoms with E-state index in [0.717, 1.165) is 30.5 Å². The smallest absolute Gasteiger partial charge is 0.416 e. The van der Waals surface area contributed by atoms with E-state index < -0.39 is 17.5 Å². The molecule has 0 saturated carbocycles. The van der Waals surface area contributed by atoms with E-state index in [-0.39, 0.29) is 11.3 Å². The minimum atomic E-state index is -4.45. The van der Waals surface area contributed by atoms with E-state index in [0.29, 0.717) is 4.73 Å². The van der Waals surface area contributed by atoms with Crippen LogP contribution in [0.15, 0.2) is 48.7 Å². The van der Waals surface area contributed by atoms with Crippen LogP contribution in [0, 0.1) is 5.21 Å². The summed E-state index contributed by atoms with van der Waals surface area (Å²) in [7, 11) is 0. The van der Waals surface area contributed by atoms with E-state index in [4.69, 9.17) is 0 Å². The molecule has 0 radical (unpaired) electrons. The topological polar surface area (TPSA) is 44.0 Å². The summed E-state index contributed by atoms with van der Waals surface area (Å²) in [6.45, 7) is 0. The Bertz CT molecular complexity index is 606. The van der Waals surface area contributed by atoms with Crippen LogP contribution in [0.2, 0.25) is 0 Å². The van der Waals surface area contributed by atoms with Gasteiger partial charge >= 0.3 is 6.18 Å². The Kier molecular flexibility index (Phi) is 3.25. The van der Waals surface area contributed by atoms with Crippen LogP contribution < -0.4 is 4.73 Å². The van der Waals surface area contributed by atoms with Crippen LogP contribution in [-0.2, 0) is 6.18 Å². The van der Waals surface area contributed by atoms with Gasteiger partial charge in [0.15, 0.2) is 6.20 Å². The predicted molar refractivity (Wildman–Crippen MR) is 60.3 cm³/mol. The van der Waals surface area contributed by atoms with Gasteiger partial charge in [-0.1, -0.05) is 12.1 Å². The van der Waals surface area contributed by atoms with Gasteiger partial charge in [0.05, 0.1) is 5.56 Å². The summed E-state index contributed by atoms with van der Waals surface area (Å²) in [6, 6.07) is 8.00. The first-order valence-corrected chi connectivity index (χ1v) is 5.30. The number of carbonyl (C=O) groups is 1. The standard InChI is InChI=1S/C13H8F3NO2/c14-13(15,16)10-6-4-9(5-7-10)12(18)11-3-1-2-8-17(11)19/h1-8H. The lowest BCUT2D eigenvalue weighted by Gasteiger charge is -2.07. The van der Waals surface area contributed by atoms with E-state index in [1.807, 2.05) is 0 Å². The van der Waals surface area contributed by atoms with Crippen molar-refractivity contribution >= 4 is 5.78 Å². The Morgan fingerprint density at radius 2 is 1.68 bits per heavy atom. The molecule has 3 nitrogen and oxygen atoms in total. The first-order valence-electron chi connectivity index (χ1n) is 5.30. The monoisotopic (exact) mass is 267 g/mol. The van der Waals surface area contributed by atoms with Gasteiger partial charge in [-0.15, -0.1) is 0 Å². The maximum atomic E-state index is 12.4. The average molecular weight is 267 g/mol. The van der Waals surface area contributed by atoms with Crippen LogP contribution in [-0.4, -0.2) is 5.78 Å². The Morgan fingerprint density at radius 1 is 1.05 bits per heavy atom. The van der Waals surface area contributed by atoms with Crippen molar-refractivity contribution in [1.29, 1.82) is 0 Å². The predicted octanol–water partition coefficient (Wildman–Crippen LogP) is 2.57. The van der Waals surface area contributed by atoms with Gasteiger partial charge in [-0.25, -0.2) is 0 Å². The summed E-state index contributed by atoms with van der Waals surface area (Å²) in [6.07, 6.45) is -3.30. The van der Waals surface area contributed by atoms with Crippen LogP contribution in [0.5, 0.6) is 0 Å². The molecule has 0 unspecified atom stereocenters. The van der Waals surface area contributed by atoms with Crippen molar-refractivity contribution in [3.8, 4) is 0 Å². The Balaban J connectivity index is 2.34. The molecular weight excluding hydrogens is 259 g/mol. The second-order valence-corrected chi connectivity index (χ2v) is 3.82. The highest BCUT2D eigenvalue weighted by molar-refractivity contribution is 6.06. The molecule has 0 atom stereocenters. The fourth-order valence-electron chi connectivity index (χ4n) is 1.56. The fourth-order valence-corrected chi connectivity index (χ4v) is 1.56. The molecule has 0 aliphatic rings. The molecule has 0 fully saturated rings. The molecule has 0 aliphatic carbocycles. The maximum Gasteiger partial charge on any atom is 0.416 e. The third-order valence-electron chi connectivity index (χ3n) is 2.53. The molecule has 0 N–H and O–H groups in total. The molecule has 98 valence electrons. The van der Waals surface area contributed by atoms with Gasteiger partial charge in [0.2, 0.25) is 0 Å². The Morgan fingerprint density at radius 3 is 2.21 bits per heavy atom. The number of halogens is 3. The minimum Gasteiger partial charge on any atom is -0.618 e. The van der Waals surface area contributed by atoms with Gasteiger partial charge in [0.25, 0.3) is 11.5 Å². The van der Waals surface area contributed by atoms with Gasteiger partial charge in [0.1, 0.15) is 0 Å². The van der Waals surface area contributed by atoms with Crippen molar-refractivity contribution in [3.63, 3.8) is 0 Å². The number of nitrogens with zero attached hydrogens (tertiary/aromatic N) is 1. The van der Waals surface area contributed by atoms with Crippen molar-refractivity contribution in [1.82, 2.24) is 0 Å². The van der Waals surface area contributed by atoms with Crippen LogP contribution >= 0.6 is 0 Å². The lowest BCUT2D eigenvalue weighted by atomic mass is 10.1. The molecule has 1 aromatic heterocycles. The molecule has 0 aliphatic heterocycles. The molecule has 0 spiro atoms. The van der Waals surface area contributed by atoms with Crippen molar-refractivity contribution < 1.29 is 22.7 Å². The summed E-state index contributed by atoms with van der Waals surface area (Å²) in [5.74, 6) is -0.621. The highest BCUT2D eigenvalue weighted by atomic mass is 19.4. The molecule has 0 amide bonds. The third-order valence-corrected chi connectivity index (χ3v) is 2.53. The zero-order valence-corrected chi connectivity index (χ0v) is 9.52. The molecule has 19 heavy (non-hydrogen) atoms. The number of hydrogen-bond acceptors (Lipinski definition) is 2. The van der Waals surface area contributed by atoms with Gasteiger partial charge in [-0.05, 0) is 18.2 Å². The van der Waals surface area contributed by atoms with E-state index in [2.05, 4.69) is 0 Å². The van der Waals surface area contributed by atoms with Gasteiger partial charge in [0, 0.05) is 17.7 Å². The summed E-state index contributed by atoms with van der Waals surface area (Å²) in [5.41, 5.74) is -0.946. The number of rotatable bonds is 2. The van der Waals surface area contributed by atoms with Gasteiger partial charge < -0.3 is 5.21 Å². The van der Waals surface area contributed by atoms with E-state index in [1.165, 1.54) is 18.2 Å². The van der Waals surface area contributed by atoms with Crippen LogP contribution in [0.1, 0.15) is 21.6 Å². The van der Waals surface area contributed by atoms with Gasteiger partial charge in [-0.3, -0.25) is 4.79 Å². The number of aromatic nitrogens is 1. The normalized spacial score (nSPS) is 11.3.